The summed E-state index contributed by atoms with van der Waals surface area (Å²) in [5, 5.41) is 3.02. The molecule has 0 aliphatic rings. The quantitative estimate of drug-likeness (QED) is 0.864. The largest absolute Gasteiger partial charge is 0.495 e. The highest BCUT2D eigenvalue weighted by molar-refractivity contribution is 7.92. The molecule has 0 spiro atoms. The summed E-state index contributed by atoms with van der Waals surface area (Å²) in [7, 11) is -2.39. The molecular weight excluding hydrogens is 340 g/mol. The molecule has 0 heterocycles. The molecular formula is C15H15ClN2O4S. The third kappa shape index (κ3) is 4.37. The molecule has 2 rings (SSSR count). The van der Waals surface area contributed by atoms with Gasteiger partial charge >= 0.3 is 0 Å². The highest BCUT2D eigenvalue weighted by atomic mass is 35.5. The predicted octanol–water partition coefficient (Wildman–Crippen LogP) is 3.11. The second-order valence-electron chi connectivity index (χ2n) is 4.66. The Morgan fingerprint density at radius 3 is 2.35 bits per heavy atom. The van der Waals surface area contributed by atoms with Gasteiger partial charge in [0.25, 0.3) is 10.0 Å². The van der Waals surface area contributed by atoms with Crippen LogP contribution in [0.25, 0.3) is 0 Å². The summed E-state index contributed by atoms with van der Waals surface area (Å²) in [6.07, 6.45) is 0. The van der Waals surface area contributed by atoms with Gasteiger partial charge in [-0.15, -0.1) is 0 Å². The van der Waals surface area contributed by atoms with Crippen LogP contribution >= 0.6 is 11.6 Å². The van der Waals surface area contributed by atoms with Crippen LogP contribution < -0.4 is 14.8 Å². The van der Waals surface area contributed by atoms with Crippen LogP contribution in [0, 0.1) is 0 Å². The summed E-state index contributed by atoms with van der Waals surface area (Å²) in [5.74, 6) is 0.0679. The maximum absolute atomic E-state index is 12.4. The number of carbonyl (C=O) groups is 1. The Morgan fingerprint density at radius 2 is 1.78 bits per heavy atom. The highest BCUT2D eigenvalue weighted by Crippen LogP contribution is 2.30. The van der Waals surface area contributed by atoms with E-state index in [2.05, 4.69) is 10.0 Å². The molecule has 0 fully saturated rings. The summed E-state index contributed by atoms with van der Waals surface area (Å²) >= 11 is 5.76. The van der Waals surface area contributed by atoms with Crippen LogP contribution in [-0.2, 0) is 14.8 Å². The number of anilines is 2. The minimum atomic E-state index is -3.81. The van der Waals surface area contributed by atoms with Crippen molar-refractivity contribution in [3.63, 3.8) is 0 Å². The van der Waals surface area contributed by atoms with E-state index >= 15 is 0 Å². The molecule has 0 aromatic heterocycles. The van der Waals surface area contributed by atoms with Crippen molar-refractivity contribution >= 4 is 38.9 Å². The summed E-state index contributed by atoms with van der Waals surface area (Å²) < 4.78 is 32.4. The molecule has 0 radical (unpaired) electrons. The number of hydrogen-bond donors (Lipinski definition) is 2. The first-order valence-corrected chi connectivity index (χ1v) is 8.42. The van der Waals surface area contributed by atoms with Gasteiger partial charge < -0.3 is 10.1 Å². The number of benzene rings is 2. The van der Waals surface area contributed by atoms with E-state index in [0.29, 0.717) is 16.5 Å². The lowest BCUT2D eigenvalue weighted by atomic mass is 10.2. The first-order valence-electron chi connectivity index (χ1n) is 6.56. The van der Waals surface area contributed by atoms with Crippen molar-refractivity contribution in [2.45, 2.75) is 11.8 Å². The van der Waals surface area contributed by atoms with E-state index in [1.54, 1.807) is 12.1 Å². The summed E-state index contributed by atoms with van der Waals surface area (Å²) in [6, 6.07) is 10.4. The molecule has 0 atom stereocenters. The topological polar surface area (TPSA) is 84.5 Å². The second-order valence-corrected chi connectivity index (χ2v) is 6.77. The lowest BCUT2D eigenvalue weighted by molar-refractivity contribution is -0.114. The number of rotatable bonds is 5. The fourth-order valence-corrected chi connectivity index (χ4v) is 3.07. The molecule has 0 aliphatic heterocycles. The second kappa shape index (κ2) is 6.89. The van der Waals surface area contributed by atoms with E-state index in [4.69, 9.17) is 16.3 Å². The van der Waals surface area contributed by atoms with E-state index in [-0.39, 0.29) is 16.5 Å². The van der Waals surface area contributed by atoms with Crippen LogP contribution in [0.4, 0.5) is 11.4 Å². The van der Waals surface area contributed by atoms with Gasteiger partial charge in [0.2, 0.25) is 5.91 Å². The van der Waals surface area contributed by atoms with E-state index in [9.17, 15) is 13.2 Å². The monoisotopic (exact) mass is 354 g/mol. The Hall–Kier alpha value is -2.25. The van der Waals surface area contributed by atoms with Crippen LogP contribution in [0.15, 0.2) is 47.4 Å². The van der Waals surface area contributed by atoms with Crippen molar-refractivity contribution < 1.29 is 17.9 Å². The Balaban J connectivity index is 2.37. The van der Waals surface area contributed by atoms with Gasteiger partial charge in [-0.1, -0.05) is 11.6 Å². The smallest absolute Gasteiger partial charge is 0.262 e. The number of amides is 1. The molecule has 1 amide bonds. The molecule has 0 unspecified atom stereocenters. The first-order chi connectivity index (χ1) is 10.8. The van der Waals surface area contributed by atoms with Gasteiger partial charge in [0, 0.05) is 17.6 Å². The van der Waals surface area contributed by atoms with Crippen molar-refractivity contribution in [2.24, 2.45) is 0 Å². The van der Waals surface area contributed by atoms with E-state index < -0.39 is 10.0 Å². The van der Waals surface area contributed by atoms with Crippen LogP contribution in [-0.4, -0.2) is 21.4 Å². The van der Waals surface area contributed by atoms with Crippen LogP contribution in [0.1, 0.15) is 6.92 Å². The minimum absolute atomic E-state index is 0.0638. The van der Waals surface area contributed by atoms with Gasteiger partial charge in [0.15, 0.2) is 0 Å². The van der Waals surface area contributed by atoms with Crippen molar-refractivity contribution in [1.29, 1.82) is 0 Å². The average molecular weight is 355 g/mol. The molecule has 122 valence electrons. The summed E-state index contributed by atoms with van der Waals surface area (Å²) in [4.78, 5) is 11.2. The molecule has 0 saturated heterocycles. The number of methoxy groups -OCH3 is 1. The summed E-state index contributed by atoms with van der Waals surface area (Å²) in [6.45, 7) is 1.36. The molecule has 2 aromatic carbocycles. The maximum Gasteiger partial charge on any atom is 0.262 e. The van der Waals surface area contributed by atoms with Gasteiger partial charge in [0.05, 0.1) is 17.7 Å². The van der Waals surface area contributed by atoms with Crippen molar-refractivity contribution in [3.05, 3.63) is 47.5 Å². The van der Waals surface area contributed by atoms with E-state index in [0.717, 1.165) is 0 Å². The lowest BCUT2D eigenvalue weighted by Crippen LogP contribution is -2.14. The Labute approximate surface area is 139 Å². The Morgan fingerprint density at radius 1 is 1.13 bits per heavy atom. The zero-order valence-corrected chi connectivity index (χ0v) is 14.0. The summed E-state index contributed by atoms with van der Waals surface area (Å²) in [5.41, 5.74) is 0.667. The fraction of sp³-hybridized carbons (Fsp3) is 0.133. The molecule has 8 heteroatoms. The van der Waals surface area contributed by atoms with Gasteiger partial charge in [0.1, 0.15) is 5.75 Å². The standard InChI is InChI=1S/C15H15ClN2O4S/c1-10(19)17-12-5-8-15(22-2)14(9-12)18-23(20,21)13-6-3-11(16)4-7-13/h3-9,18H,1-2H3,(H,17,19). The zero-order valence-electron chi connectivity index (χ0n) is 12.5. The molecule has 23 heavy (non-hydrogen) atoms. The van der Waals surface area contributed by atoms with Crippen molar-refractivity contribution in [1.82, 2.24) is 0 Å². The van der Waals surface area contributed by atoms with E-state index in [1.807, 2.05) is 0 Å². The van der Waals surface area contributed by atoms with Crippen LogP contribution in [0.2, 0.25) is 5.02 Å². The zero-order chi connectivity index (χ0) is 17.0. The highest BCUT2D eigenvalue weighted by Gasteiger charge is 2.17. The number of halogens is 1. The maximum atomic E-state index is 12.4. The normalized spacial score (nSPS) is 10.9. The number of hydrogen-bond acceptors (Lipinski definition) is 4. The van der Waals surface area contributed by atoms with Crippen molar-refractivity contribution in [2.75, 3.05) is 17.1 Å². The minimum Gasteiger partial charge on any atom is -0.495 e. The molecule has 2 aromatic rings. The van der Waals surface area contributed by atoms with Crippen LogP contribution in [0.3, 0.4) is 0 Å². The molecule has 0 bridgehead atoms. The molecule has 0 saturated carbocycles. The fourth-order valence-electron chi connectivity index (χ4n) is 1.89. The number of ether oxygens (including phenoxy) is 1. The van der Waals surface area contributed by atoms with Gasteiger partial charge in [-0.25, -0.2) is 8.42 Å². The van der Waals surface area contributed by atoms with Gasteiger partial charge in [-0.3, -0.25) is 9.52 Å². The Bertz CT molecular complexity index is 820. The van der Waals surface area contributed by atoms with E-state index in [1.165, 1.54) is 44.4 Å². The average Bonchev–Trinajstić information content (AvgIpc) is 2.47. The lowest BCUT2D eigenvalue weighted by Gasteiger charge is -2.13. The van der Waals surface area contributed by atoms with Gasteiger partial charge in [-0.05, 0) is 42.5 Å². The number of nitrogens with one attached hydrogen (secondary N) is 2. The first kappa shape index (κ1) is 17.1. The third-order valence-electron chi connectivity index (χ3n) is 2.89. The number of sulfonamides is 1. The predicted molar refractivity (Wildman–Crippen MR) is 89.6 cm³/mol. The number of carbonyl (C=O) groups excluding carboxylic acids is 1. The molecule has 0 aliphatic carbocycles. The SMILES string of the molecule is COc1ccc(NC(C)=O)cc1NS(=O)(=O)c1ccc(Cl)cc1. The molecule has 6 nitrogen and oxygen atoms in total. The van der Waals surface area contributed by atoms with Crippen molar-refractivity contribution in [3.8, 4) is 5.75 Å². The Kier molecular flexibility index (Phi) is 5.12. The van der Waals surface area contributed by atoms with Crippen LogP contribution in [0.5, 0.6) is 5.75 Å². The third-order valence-corrected chi connectivity index (χ3v) is 4.52. The molecule has 2 N–H and O–H groups in total. The van der Waals surface area contributed by atoms with Gasteiger partial charge in [-0.2, -0.15) is 0 Å².